The maximum absolute atomic E-state index is 11.6. The Morgan fingerprint density at radius 2 is 2.28 bits per heavy atom. The molecule has 5 heteroatoms. The van der Waals surface area contributed by atoms with E-state index in [1.165, 1.54) is 11.9 Å². The molecule has 4 N–H and O–H groups in total. The van der Waals surface area contributed by atoms with Crippen molar-refractivity contribution in [3.63, 3.8) is 0 Å². The van der Waals surface area contributed by atoms with Gasteiger partial charge in [-0.15, -0.1) is 0 Å². The number of aromatic amines is 1. The number of rotatable bonds is 3. The molecular weight excluding hydrogens is 228 g/mol. The quantitative estimate of drug-likeness (QED) is 0.568. The Balaban J connectivity index is 2.38. The summed E-state index contributed by atoms with van der Waals surface area (Å²) in [6.07, 6.45) is 3.45. The van der Waals surface area contributed by atoms with Gasteiger partial charge in [-0.2, -0.15) is 0 Å². The van der Waals surface area contributed by atoms with E-state index in [1.54, 1.807) is 12.1 Å². The zero-order chi connectivity index (χ0) is 13.1. The van der Waals surface area contributed by atoms with Crippen LogP contribution in [0.3, 0.4) is 0 Å². The van der Waals surface area contributed by atoms with E-state index in [1.807, 2.05) is 13.8 Å². The molecule has 1 aromatic heterocycles. The lowest BCUT2D eigenvalue weighted by Gasteiger charge is -2.08. The molecule has 2 aromatic rings. The summed E-state index contributed by atoms with van der Waals surface area (Å²) in [6.45, 7) is 4.76. The third-order valence-corrected chi connectivity index (χ3v) is 2.61. The molecule has 0 aliphatic carbocycles. The van der Waals surface area contributed by atoms with Gasteiger partial charge < -0.3 is 16.0 Å². The number of fused-ring (bicyclic) bond motifs is 1. The van der Waals surface area contributed by atoms with Crippen LogP contribution in [-0.4, -0.2) is 16.5 Å². The molecule has 0 bridgehead atoms. The van der Waals surface area contributed by atoms with Crippen molar-refractivity contribution in [1.29, 1.82) is 0 Å². The summed E-state index contributed by atoms with van der Waals surface area (Å²) in [5.74, 6) is 0. The van der Waals surface area contributed by atoms with E-state index in [0.29, 0.717) is 23.1 Å². The van der Waals surface area contributed by atoms with Gasteiger partial charge in [0, 0.05) is 6.54 Å². The van der Waals surface area contributed by atoms with Gasteiger partial charge in [0.15, 0.2) is 0 Å². The highest BCUT2D eigenvalue weighted by Crippen LogP contribution is 2.22. The van der Waals surface area contributed by atoms with Gasteiger partial charge in [0.2, 0.25) is 0 Å². The first kappa shape index (κ1) is 12.2. The topological polar surface area (TPSA) is 83.8 Å². The Labute approximate surface area is 105 Å². The highest BCUT2D eigenvalue weighted by Gasteiger charge is 2.04. The lowest BCUT2D eigenvalue weighted by Crippen LogP contribution is -2.08. The average molecular weight is 244 g/mol. The van der Waals surface area contributed by atoms with Gasteiger partial charge in [0.25, 0.3) is 5.56 Å². The fraction of sp³-hybridized carbons (Fsp3) is 0.231. The number of anilines is 2. The van der Waals surface area contributed by atoms with Gasteiger partial charge in [-0.3, -0.25) is 4.79 Å². The number of H-pyrrole nitrogens is 1. The van der Waals surface area contributed by atoms with Gasteiger partial charge in [0.1, 0.15) is 0 Å². The minimum atomic E-state index is -0.178. The summed E-state index contributed by atoms with van der Waals surface area (Å²) in [6, 6.07) is 3.44. The highest BCUT2D eigenvalue weighted by atomic mass is 16.1. The SMILES string of the molecule is CC(C)=CCNc1cc2nc[nH]c(=O)c2cc1N. The largest absolute Gasteiger partial charge is 0.397 e. The van der Waals surface area contributed by atoms with Crippen LogP contribution in [-0.2, 0) is 0 Å². The smallest absolute Gasteiger partial charge is 0.258 e. The molecule has 0 atom stereocenters. The first-order chi connectivity index (χ1) is 8.58. The second-order valence-corrected chi connectivity index (χ2v) is 4.35. The van der Waals surface area contributed by atoms with E-state index in [-0.39, 0.29) is 5.56 Å². The Morgan fingerprint density at radius 3 is 3.00 bits per heavy atom. The first-order valence-corrected chi connectivity index (χ1v) is 5.72. The second-order valence-electron chi connectivity index (χ2n) is 4.35. The molecule has 2 rings (SSSR count). The maximum Gasteiger partial charge on any atom is 0.258 e. The summed E-state index contributed by atoms with van der Waals surface area (Å²) in [5.41, 5.74) is 8.93. The maximum atomic E-state index is 11.6. The first-order valence-electron chi connectivity index (χ1n) is 5.72. The molecule has 0 saturated carbocycles. The van der Waals surface area contributed by atoms with Crippen molar-refractivity contribution in [2.24, 2.45) is 0 Å². The van der Waals surface area contributed by atoms with Crippen LogP contribution in [0.1, 0.15) is 13.8 Å². The highest BCUT2D eigenvalue weighted by molar-refractivity contribution is 5.88. The molecule has 18 heavy (non-hydrogen) atoms. The number of nitrogens with two attached hydrogens (primary N) is 1. The average Bonchev–Trinajstić information content (AvgIpc) is 2.31. The summed E-state index contributed by atoms with van der Waals surface area (Å²) in [7, 11) is 0. The van der Waals surface area contributed by atoms with Crippen molar-refractivity contribution in [2.45, 2.75) is 13.8 Å². The fourth-order valence-corrected chi connectivity index (χ4v) is 1.65. The summed E-state index contributed by atoms with van der Waals surface area (Å²) < 4.78 is 0. The molecule has 0 unspecified atom stereocenters. The number of nitrogens with one attached hydrogen (secondary N) is 2. The molecule has 0 amide bonds. The molecule has 1 aromatic carbocycles. The third-order valence-electron chi connectivity index (χ3n) is 2.61. The number of benzene rings is 1. The van der Waals surface area contributed by atoms with Crippen molar-refractivity contribution in [3.05, 3.63) is 40.5 Å². The van der Waals surface area contributed by atoms with Gasteiger partial charge in [-0.1, -0.05) is 11.6 Å². The molecule has 0 spiro atoms. The number of aromatic nitrogens is 2. The Kier molecular flexibility index (Phi) is 3.32. The summed E-state index contributed by atoms with van der Waals surface area (Å²) in [4.78, 5) is 18.2. The Morgan fingerprint density at radius 1 is 1.50 bits per heavy atom. The third kappa shape index (κ3) is 2.51. The standard InChI is InChI=1S/C13H16N4O/c1-8(2)3-4-15-12-6-11-9(5-10(12)14)13(18)17-7-16-11/h3,5-7,15H,4,14H2,1-2H3,(H,16,17,18). The number of nitrogens with zero attached hydrogens (tertiary/aromatic N) is 1. The predicted molar refractivity (Wildman–Crippen MR) is 74.7 cm³/mol. The monoisotopic (exact) mass is 244 g/mol. The van der Waals surface area contributed by atoms with Gasteiger partial charge in [-0.05, 0) is 26.0 Å². The van der Waals surface area contributed by atoms with Gasteiger partial charge in [-0.25, -0.2) is 4.98 Å². The molecule has 0 fully saturated rings. The predicted octanol–water partition coefficient (Wildman–Crippen LogP) is 1.88. The van der Waals surface area contributed by atoms with Crippen LogP contribution in [0.25, 0.3) is 10.9 Å². The number of allylic oxidation sites excluding steroid dienone is 1. The van der Waals surface area contributed by atoms with Crippen LogP contribution in [0.2, 0.25) is 0 Å². The minimum absolute atomic E-state index is 0.178. The molecular formula is C13H16N4O. The number of nitrogen functional groups attached to an aromatic ring is 1. The van der Waals surface area contributed by atoms with E-state index in [0.717, 1.165) is 5.69 Å². The van der Waals surface area contributed by atoms with Crippen LogP contribution >= 0.6 is 0 Å². The van der Waals surface area contributed by atoms with Crippen LogP contribution in [0.5, 0.6) is 0 Å². The van der Waals surface area contributed by atoms with Gasteiger partial charge >= 0.3 is 0 Å². The van der Waals surface area contributed by atoms with Crippen molar-refractivity contribution in [3.8, 4) is 0 Å². The van der Waals surface area contributed by atoms with E-state index in [9.17, 15) is 4.79 Å². The minimum Gasteiger partial charge on any atom is -0.397 e. The van der Waals surface area contributed by atoms with Crippen LogP contribution in [0.15, 0.2) is 34.9 Å². The van der Waals surface area contributed by atoms with Crippen LogP contribution < -0.4 is 16.6 Å². The Hall–Kier alpha value is -2.30. The molecule has 0 saturated heterocycles. The van der Waals surface area contributed by atoms with Crippen LogP contribution in [0.4, 0.5) is 11.4 Å². The fourth-order valence-electron chi connectivity index (χ4n) is 1.65. The van der Waals surface area contributed by atoms with E-state index in [2.05, 4.69) is 21.4 Å². The zero-order valence-corrected chi connectivity index (χ0v) is 10.4. The lowest BCUT2D eigenvalue weighted by molar-refractivity contribution is 1.17. The van der Waals surface area contributed by atoms with E-state index < -0.39 is 0 Å². The van der Waals surface area contributed by atoms with Crippen molar-refractivity contribution < 1.29 is 0 Å². The molecule has 94 valence electrons. The van der Waals surface area contributed by atoms with Crippen molar-refractivity contribution in [2.75, 3.05) is 17.6 Å². The second kappa shape index (κ2) is 4.91. The van der Waals surface area contributed by atoms with Gasteiger partial charge in [0.05, 0.1) is 28.6 Å². The normalized spacial score (nSPS) is 10.3. The van der Waals surface area contributed by atoms with E-state index >= 15 is 0 Å². The lowest BCUT2D eigenvalue weighted by atomic mass is 10.2. The summed E-state index contributed by atoms with van der Waals surface area (Å²) in [5, 5.41) is 3.70. The zero-order valence-electron chi connectivity index (χ0n) is 10.4. The van der Waals surface area contributed by atoms with Crippen LogP contribution in [0, 0.1) is 0 Å². The molecule has 0 aliphatic heterocycles. The molecule has 5 nitrogen and oxygen atoms in total. The number of hydrogen-bond acceptors (Lipinski definition) is 4. The molecule has 0 aliphatic rings. The van der Waals surface area contributed by atoms with Crippen molar-refractivity contribution >= 4 is 22.3 Å². The summed E-state index contributed by atoms with van der Waals surface area (Å²) >= 11 is 0. The Bertz CT molecular complexity index is 654. The molecule has 0 radical (unpaired) electrons. The molecule has 1 heterocycles. The van der Waals surface area contributed by atoms with Crippen molar-refractivity contribution in [1.82, 2.24) is 9.97 Å². The van der Waals surface area contributed by atoms with E-state index in [4.69, 9.17) is 5.73 Å². The number of hydrogen-bond donors (Lipinski definition) is 3.